The van der Waals surface area contributed by atoms with E-state index in [-0.39, 0.29) is 0 Å². The lowest BCUT2D eigenvalue weighted by atomic mass is 10.8. The molecule has 0 bridgehead atoms. The van der Waals surface area contributed by atoms with Gasteiger partial charge in [0.1, 0.15) is 0 Å². The average molecular weight is 103 g/mol. The van der Waals surface area contributed by atoms with Crippen molar-refractivity contribution < 1.29 is 14.3 Å². The normalized spacial score (nSPS) is 12.9. The first-order valence-corrected chi connectivity index (χ1v) is 1.87. The van der Waals surface area contributed by atoms with E-state index in [9.17, 15) is 4.79 Å². The highest BCUT2D eigenvalue weighted by atomic mass is 16.7. The third-order valence-corrected chi connectivity index (χ3v) is 0.546. The Labute approximate surface area is 42.2 Å². The van der Waals surface area contributed by atoms with Gasteiger partial charge in [-0.15, -0.1) is 0 Å². The van der Waals surface area contributed by atoms with E-state index in [0.717, 1.165) is 0 Å². The zero-order valence-electron chi connectivity index (χ0n) is 4.30. The third kappa shape index (κ3) is 3.26. The maximum Gasteiger partial charge on any atom is 0.419 e. The molecule has 0 aromatic rings. The molecule has 0 saturated heterocycles. The molecule has 0 aromatic carbocycles. The molecule has 0 aliphatic rings. The Kier molecular flexibility index (Phi) is 3.32. The molecule has 0 heterocycles. The molecule has 0 spiro atoms. The first kappa shape index (κ1) is 6.43. The molecular weight excluding hydrogens is 96.0 g/mol. The lowest BCUT2D eigenvalue weighted by Gasteiger charge is -2.02. The van der Waals surface area contributed by atoms with Crippen LogP contribution >= 0.6 is 0 Å². The molecule has 0 aromatic heterocycles. The Morgan fingerprint density at radius 2 is 2.29 bits per heavy atom. The van der Waals surface area contributed by atoms with Gasteiger partial charge in [-0.05, 0) is 6.92 Å². The van der Waals surface area contributed by atoms with E-state index in [4.69, 9.17) is 0 Å². The van der Waals surface area contributed by atoms with Gasteiger partial charge in [0.15, 0.2) is 6.29 Å². The van der Waals surface area contributed by atoms with Gasteiger partial charge in [-0.3, -0.25) is 0 Å². The van der Waals surface area contributed by atoms with Crippen molar-refractivity contribution in [3.05, 3.63) is 0 Å². The van der Waals surface area contributed by atoms with E-state index in [1.807, 2.05) is 0 Å². The van der Waals surface area contributed by atoms with Crippen LogP contribution < -0.4 is 0 Å². The lowest BCUT2D eigenvalue weighted by molar-refractivity contribution is -0.0486. The Hall–Kier alpha value is -0.570. The number of hydrogen-bond donors (Lipinski definition) is 0. The lowest BCUT2D eigenvalue weighted by Crippen LogP contribution is -2.07. The Morgan fingerprint density at radius 1 is 1.71 bits per heavy atom. The number of ether oxygens (including phenoxy) is 2. The van der Waals surface area contributed by atoms with E-state index >= 15 is 0 Å². The fourth-order valence-corrected chi connectivity index (χ4v) is 0.116. The van der Waals surface area contributed by atoms with Crippen molar-refractivity contribution in [1.29, 1.82) is 0 Å². The molecule has 0 unspecified atom stereocenters. The van der Waals surface area contributed by atoms with E-state index in [0.29, 0.717) is 0 Å². The van der Waals surface area contributed by atoms with Crippen LogP contribution in [0.5, 0.6) is 0 Å². The summed E-state index contributed by atoms with van der Waals surface area (Å²) >= 11 is 0. The first-order valence-electron chi connectivity index (χ1n) is 1.87. The third-order valence-electron chi connectivity index (χ3n) is 0.546. The molecule has 41 valence electrons. The molecule has 0 saturated carbocycles. The summed E-state index contributed by atoms with van der Waals surface area (Å²) in [5.74, 6) is 0. The van der Waals surface area contributed by atoms with Crippen LogP contribution in [-0.2, 0) is 14.3 Å². The number of methoxy groups -OCH3 is 1. The highest BCUT2D eigenvalue weighted by Gasteiger charge is 1.93. The standard InChI is InChI=1S/C4H7O3/c1-4(6-2)7-3-5/h4H,1-2H3/t4-/m1/s1. The fourth-order valence-electron chi connectivity index (χ4n) is 0.116. The highest BCUT2D eigenvalue weighted by molar-refractivity contribution is 5.38. The summed E-state index contributed by atoms with van der Waals surface area (Å²) in [6.45, 7) is 2.85. The van der Waals surface area contributed by atoms with Crippen LogP contribution in [0.15, 0.2) is 0 Å². The topological polar surface area (TPSA) is 35.5 Å². The monoisotopic (exact) mass is 103 g/mol. The molecule has 0 N–H and O–H groups in total. The molecule has 0 amide bonds. The van der Waals surface area contributed by atoms with Crippen molar-refractivity contribution in [2.24, 2.45) is 0 Å². The maximum atomic E-state index is 9.35. The maximum absolute atomic E-state index is 9.35. The Balaban J connectivity index is 2.98. The molecule has 0 fully saturated rings. The van der Waals surface area contributed by atoms with Gasteiger partial charge >= 0.3 is 6.47 Å². The van der Waals surface area contributed by atoms with Crippen LogP contribution in [0.3, 0.4) is 0 Å². The van der Waals surface area contributed by atoms with Crippen LogP contribution in [0, 0.1) is 0 Å². The summed E-state index contributed by atoms with van der Waals surface area (Å²) in [6, 6.07) is 0. The molecule has 7 heavy (non-hydrogen) atoms. The predicted molar refractivity (Wildman–Crippen MR) is 23.2 cm³/mol. The molecule has 0 aliphatic heterocycles. The van der Waals surface area contributed by atoms with Gasteiger partial charge in [-0.25, -0.2) is 4.79 Å². The average Bonchev–Trinajstić information content (AvgIpc) is 1.68. The van der Waals surface area contributed by atoms with Gasteiger partial charge in [0.05, 0.1) is 0 Å². The van der Waals surface area contributed by atoms with E-state index in [1.165, 1.54) is 13.6 Å². The first-order chi connectivity index (χ1) is 3.31. The van der Waals surface area contributed by atoms with Gasteiger partial charge in [-0.1, -0.05) is 0 Å². The second-order valence-electron chi connectivity index (χ2n) is 1.00. The number of hydrogen-bond acceptors (Lipinski definition) is 3. The van der Waals surface area contributed by atoms with Crippen molar-refractivity contribution in [1.82, 2.24) is 0 Å². The Morgan fingerprint density at radius 3 is 2.43 bits per heavy atom. The van der Waals surface area contributed by atoms with Crippen molar-refractivity contribution in [3.63, 3.8) is 0 Å². The van der Waals surface area contributed by atoms with Crippen LogP contribution in [0.4, 0.5) is 0 Å². The van der Waals surface area contributed by atoms with Gasteiger partial charge < -0.3 is 9.47 Å². The largest absolute Gasteiger partial charge is 0.428 e. The van der Waals surface area contributed by atoms with Gasteiger partial charge in [0.2, 0.25) is 0 Å². The molecule has 0 rings (SSSR count). The fraction of sp³-hybridized carbons (Fsp3) is 0.750. The minimum Gasteiger partial charge on any atom is -0.428 e. The van der Waals surface area contributed by atoms with Crippen LogP contribution in [0.1, 0.15) is 6.92 Å². The zero-order chi connectivity index (χ0) is 5.70. The summed E-state index contributed by atoms with van der Waals surface area (Å²) in [6.07, 6.45) is -0.475. The SMILES string of the molecule is CO[C@@H](C)O[C]=O. The van der Waals surface area contributed by atoms with Crippen molar-refractivity contribution >= 4 is 6.47 Å². The van der Waals surface area contributed by atoms with Crippen molar-refractivity contribution in [2.75, 3.05) is 7.11 Å². The second-order valence-corrected chi connectivity index (χ2v) is 1.00. The number of rotatable bonds is 3. The van der Waals surface area contributed by atoms with Crippen LogP contribution in [0.2, 0.25) is 0 Å². The van der Waals surface area contributed by atoms with Gasteiger partial charge in [-0.2, -0.15) is 0 Å². The van der Waals surface area contributed by atoms with Crippen LogP contribution in [0.25, 0.3) is 0 Å². The summed E-state index contributed by atoms with van der Waals surface area (Å²) in [5.41, 5.74) is 0. The second kappa shape index (κ2) is 3.61. The van der Waals surface area contributed by atoms with E-state index in [1.54, 1.807) is 6.92 Å². The highest BCUT2D eigenvalue weighted by Crippen LogP contribution is 1.83. The summed E-state index contributed by atoms with van der Waals surface area (Å²) in [5, 5.41) is 0. The molecule has 1 atom stereocenters. The number of carbonyl (C=O) groups excluding carboxylic acids is 1. The van der Waals surface area contributed by atoms with Crippen LogP contribution in [-0.4, -0.2) is 19.9 Å². The minimum absolute atomic E-state index is 0.475. The van der Waals surface area contributed by atoms with Crippen molar-refractivity contribution in [3.8, 4) is 0 Å². The predicted octanol–water partition coefficient (Wildman–Crippen LogP) is 0.0626. The zero-order valence-corrected chi connectivity index (χ0v) is 4.30. The molecule has 1 radical (unpaired) electrons. The Bertz CT molecular complexity index is 52.9. The summed E-state index contributed by atoms with van der Waals surface area (Å²) in [4.78, 5) is 9.35. The quantitative estimate of drug-likeness (QED) is 0.474. The molecule has 0 aliphatic carbocycles. The van der Waals surface area contributed by atoms with Crippen molar-refractivity contribution in [2.45, 2.75) is 13.2 Å². The summed E-state index contributed by atoms with van der Waals surface area (Å²) < 4.78 is 8.67. The van der Waals surface area contributed by atoms with Gasteiger partial charge in [0.25, 0.3) is 0 Å². The smallest absolute Gasteiger partial charge is 0.419 e. The minimum atomic E-state index is -0.475. The molecule has 3 nitrogen and oxygen atoms in total. The molecule has 3 heteroatoms. The van der Waals surface area contributed by atoms with E-state index in [2.05, 4.69) is 9.47 Å². The molecular formula is C4H7O3. The summed E-state index contributed by atoms with van der Waals surface area (Å²) in [7, 11) is 1.45. The van der Waals surface area contributed by atoms with Gasteiger partial charge in [0, 0.05) is 7.11 Å². The van der Waals surface area contributed by atoms with E-state index < -0.39 is 6.29 Å².